The van der Waals surface area contributed by atoms with Crippen molar-refractivity contribution >= 4 is 39.1 Å². The summed E-state index contributed by atoms with van der Waals surface area (Å²) in [7, 11) is -3.20. The molecule has 2 aromatic rings. The second-order valence-electron chi connectivity index (χ2n) is 8.71. The number of hydrogen-bond acceptors (Lipinski definition) is 5. The van der Waals surface area contributed by atoms with Gasteiger partial charge in [-0.1, -0.05) is 41.4 Å². The minimum Gasteiger partial charge on any atom is -0.351 e. The van der Waals surface area contributed by atoms with Crippen LogP contribution in [0.1, 0.15) is 30.0 Å². The van der Waals surface area contributed by atoms with Crippen LogP contribution in [0.25, 0.3) is 0 Å². The lowest BCUT2D eigenvalue weighted by Crippen LogP contribution is -2.50. The van der Waals surface area contributed by atoms with Crippen molar-refractivity contribution in [3.63, 3.8) is 0 Å². The second kappa shape index (κ2) is 11.1. The summed E-state index contributed by atoms with van der Waals surface area (Å²) in [4.78, 5) is 15.6. The van der Waals surface area contributed by atoms with Crippen LogP contribution in [-0.2, 0) is 26.8 Å². The van der Waals surface area contributed by atoms with E-state index in [0.717, 1.165) is 11.1 Å². The molecule has 1 aliphatic heterocycles. The molecule has 34 heavy (non-hydrogen) atoms. The topological polar surface area (TPSA) is 93.5 Å². The zero-order valence-corrected chi connectivity index (χ0v) is 21.6. The van der Waals surface area contributed by atoms with Crippen molar-refractivity contribution in [2.24, 2.45) is 0 Å². The first-order valence-electron chi connectivity index (χ1n) is 10.9. The lowest BCUT2D eigenvalue weighted by atomic mass is 9.78. The van der Waals surface area contributed by atoms with Crippen molar-refractivity contribution in [2.45, 2.75) is 25.3 Å². The number of amides is 1. The maximum absolute atomic E-state index is 13.5. The van der Waals surface area contributed by atoms with Gasteiger partial charge in [0.25, 0.3) is 0 Å². The number of sulfonamides is 1. The van der Waals surface area contributed by atoms with Crippen molar-refractivity contribution in [2.75, 3.05) is 39.0 Å². The van der Waals surface area contributed by atoms with Crippen molar-refractivity contribution in [1.82, 2.24) is 14.5 Å². The average molecular weight is 523 g/mol. The minimum atomic E-state index is -3.20. The van der Waals surface area contributed by atoms with Gasteiger partial charge in [-0.05, 0) is 55.3 Å². The molecular weight excluding hydrogens is 495 g/mol. The largest absolute Gasteiger partial charge is 0.351 e. The highest BCUT2D eigenvalue weighted by molar-refractivity contribution is 7.88. The van der Waals surface area contributed by atoms with E-state index in [4.69, 9.17) is 28.5 Å². The first-order chi connectivity index (χ1) is 16.0. The van der Waals surface area contributed by atoms with E-state index in [1.165, 1.54) is 10.6 Å². The number of halogens is 2. The molecule has 1 aliphatic rings. The molecule has 0 bridgehead atoms. The molecule has 0 radical (unpaired) electrons. The van der Waals surface area contributed by atoms with E-state index < -0.39 is 15.4 Å². The second-order valence-corrected chi connectivity index (χ2v) is 11.5. The third kappa shape index (κ3) is 6.49. The highest BCUT2D eigenvalue weighted by Gasteiger charge is 2.36. The third-order valence-electron chi connectivity index (χ3n) is 6.32. The first-order valence-corrected chi connectivity index (χ1v) is 13.5. The molecule has 0 spiro atoms. The van der Waals surface area contributed by atoms with E-state index in [1.807, 2.05) is 25.1 Å². The predicted octanol–water partition coefficient (Wildman–Crippen LogP) is 3.41. The summed E-state index contributed by atoms with van der Waals surface area (Å²) in [6.45, 7) is 4.93. The predicted molar refractivity (Wildman–Crippen MR) is 134 cm³/mol. The molecule has 1 N–H and O–H groups in total. The summed E-state index contributed by atoms with van der Waals surface area (Å²) in [5.74, 6) is -0.148. The molecule has 1 atom stereocenters. The molecule has 182 valence electrons. The summed E-state index contributed by atoms with van der Waals surface area (Å²) < 4.78 is 25.0. The number of carbonyl (C=O) groups excluding carboxylic acids is 1. The fourth-order valence-corrected chi connectivity index (χ4v) is 5.09. The van der Waals surface area contributed by atoms with Gasteiger partial charge < -0.3 is 10.2 Å². The van der Waals surface area contributed by atoms with E-state index in [2.05, 4.69) is 16.3 Å². The molecule has 1 saturated heterocycles. The Morgan fingerprint density at radius 3 is 2.29 bits per heavy atom. The molecule has 1 amide bonds. The Morgan fingerprint density at radius 2 is 1.74 bits per heavy atom. The van der Waals surface area contributed by atoms with Gasteiger partial charge in [-0.2, -0.15) is 9.57 Å². The number of nitrogens with zero attached hydrogens (tertiary/aromatic N) is 3. The maximum Gasteiger partial charge on any atom is 0.230 e. The summed E-state index contributed by atoms with van der Waals surface area (Å²) in [6.07, 6.45) is 1.74. The number of carbonyl (C=O) groups is 1. The summed E-state index contributed by atoms with van der Waals surface area (Å²) in [5.41, 5.74) is 1.33. The van der Waals surface area contributed by atoms with Crippen molar-refractivity contribution in [3.05, 3.63) is 69.2 Å². The van der Waals surface area contributed by atoms with Gasteiger partial charge in [-0.25, -0.2) is 8.42 Å². The average Bonchev–Trinajstić information content (AvgIpc) is 2.82. The van der Waals surface area contributed by atoms with Crippen LogP contribution >= 0.6 is 23.2 Å². The zero-order valence-electron chi connectivity index (χ0n) is 19.2. The Hall–Kier alpha value is -2.15. The Morgan fingerprint density at radius 1 is 1.09 bits per heavy atom. The number of nitrogens with one attached hydrogen (secondary N) is 1. The van der Waals surface area contributed by atoms with Gasteiger partial charge in [0.1, 0.15) is 0 Å². The lowest BCUT2D eigenvalue weighted by Gasteiger charge is -2.36. The number of piperazine rings is 1. The number of nitriles is 1. The molecule has 10 heteroatoms. The molecule has 0 saturated carbocycles. The summed E-state index contributed by atoms with van der Waals surface area (Å²) in [5, 5.41) is 12.8. The van der Waals surface area contributed by atoms with Gasteiger partial charge >= 0.3 is 0 Å². The van der Waals surface area contributed by atoms with Gasteiger partial charge in [0.2, 0.25) is 15.9 Å². The van der Waals surface area contributed by atoms with E-state index in [9.17, 15) is 13.2 Å². The summed E-state index contributed by atoms with van der Waals surface area (Å²) >= 11 is 12.4. The van der Waals surface area contributed by atoms with Crippen molar-refractivity contribution in [3.8, 4) is 6.07 Å². The summed E-state index contributed by atoms with van der Waals surface area (Å²) in [6, 6.07) is 14.4. The molecule has 7 nitrogen and oxygen atoms in total. The molecule has 3 rings (SSSR count). The molecule has 1 heterocycles. The lowest BCUT2D eigenvalue weighted by molar-refractivity contribution is -0.126. The minimum absolute atomic E-state index is 0.148. The Kier molecular flexibility index (Phi) is 8.61. The monoisotopic (exact) mass is 522 g/mol. The van der Waals surface area contributed by atoms with E-state index >= 15 is 0 Å². The van der Waals surface area contributed by atoms with Crippen molar-refractivity contribution < 1.29 is 13.2 Å². The van der Waals surface area contributed by atoms with Gasteiger partial charge in [-0.3, -0.25) is 4.79 Å². The van der Waals surface area contributed by atoms with Crippen LogP contribution in [0.3, 0.4) is 0 Å². The molecule has 1 fully saturated rings. The van der Waals surface area contributed by atoms with Gasteiger partial charge in [0.15, 0.2) is 0 Å². The molecule has 2 aromatic carbocycles. The van der Waals surface area contributed by atoms with Gasteiger partial charge in [0.05, 0.1) is 33.3 Å². The highest BCUT2D eigenvalue weighted by Crippen LogP contribution is 2.33. The van der Waals surface area contributed by atoms with E-state index in [0.29, 0.717) is 61.3 Å². The van der Waals surface area contributed by atoms with Gasteiger partial charge in [-0.15, -0.1) is 0 Å². The maximum atomic E-state index is 13.5. The van der Waals surface area contributed by atoms with Crippen LogP contribution < -0.4 is 5.32 Å². The zero-order chi connectivity index (χ0) is 24.9. The Balaban J connectivity index is 1.73. The van der Waals surface area contributed by atoms with Crippen LogP contribution in [0.4, 0.5) is 0 Å². The normalized spacial score (nSPS) is 17.0. The fourth-order valence-electron chi connectivity index (χ4n) is 3.97. The third-order valence-corrected chi connectivity index (χ3v) is 8.36. The standard InChI is InChI=1S/C24H28Cl2N4O3S/c1-24(20-7-8-21(25)22(26)15-20,9-10-29-11-13-30(14-12-29)34(2,32)33)23(31)28-17-19-5-3-18(16-27)4-6-19/h3-8,15H,9-14,17H2,1-2H3,(H,28,31). The molecule has 0 aliphatic carbocycles. The Labute approximate surface area is 211 Å². The molecule has 0 aromatic heterocycles. The number of hydrogen-bond donors (Lipinski definition) is 1. The van der Waals surface area contributed by atoms with Crippen LogP contribution in [0.2, 0.25) is 10.0 Å². The quantitative estimate of drug-likeness (QED) is 0.573. The smallest absolute Gasteiger partial charge is 0.230 e. The number of benzene rings is 2. The first kappa shape index (κ1) is 26.5. The molecule has 1 unspecified atom stereocenters. The van der Waals surface area contributed by atoms with Crippen LogP contribution in [-0.4, -0.2) is 62.5 Å². The van der Waals surface area contributed by atoms with E-state index in [-0.39, 0.29) is 5.91 Å². The SMILES string of the molecule is CC(CCN1CCN(S(C)(=O)=O)CC1)(C(=O)NCc1ccc(C#N)cc1)c1ccc(Cl)c(Cl)c1. The van der Waals surface area contributed by atoms with Gasteiger partial charge in [0, 0.05) is 32.7 Å². The molecular formula is C24H28Cl2N4O3S. The highest BCUT2D eigenvalue weighted by atomic mass is 35.5. The van der Waals surface area contributed by atoms with Crippen LogP contribution in [0.5, 0.6) is 0 Å². The van der Waals surface area contributed by atoms with E-state index in [1.54, 1.807) is 24.3 Å². The Bertz CT molecular complexity index is 1170. The van der Waals surface area contributed by atoms with Crippen LogP contribution in [0, 0.1) is 11.3 Å². The van der Waals surface area contributed by atoms with Crippen molar-refractivity contribution in [1.29, 1.82) is 5.26 Å². The fraction of sp³-hybridized carbons (Fsp3) is 0.417. The van der Waals surface area contributed by atoms with Crippen LogP contribution in [0.15, 0.2) is 42.5 Å². The number of rotatable bonds is 8.